The first kappa shape index (κ1) is 18.4. The molecule has 0 saturated heterocycles. The Kier molecular flexibility index (Phi) is 12.0. The largest absolute Gasteiger partial charge is 0.466 e. The second-order valence-electron chi connectivity index (χ2n) is 5.29. The van der Waals surface area contributed by atoms with E-state index in [0.29, 0.717) is 19.1 Å². The minimum absolute atomic E-state index is 0.0628. The highest BCUT2D eigenvalue weighted by molar-refractivity contribution is 5.69. The van der Waals surface area contributed by atoms with E-state index < -0.39 is 0 Å². The fourth-order valence-electron chi connectivity index (χ4n) is 1.77. The third kappa shape index (κ3) is 12.2. The zero-order valence-corrected chi connectivity index (χ0v) is 13.2. The van der Waals surface area contributed by atoms with Crippen LogP contribution in [-0.4, -0.2) is 50.2 Å². The van der Waals surface area contributed by atoms with Crippen LogP contribution in [0.3, 0.4) is 0 Å². The van der Waals surface area contributed by atoms with E-state index in [4.69, 9.17) is 4.74 Å². The number of ether oxygens (including phenoxy) is 1. The average Bonchev–Trinajstić information content (AvgIpc) is 2.36. The number of rotatable bonds is 12. The van der Waals surface area contributed by atoms with Gasteiger partial charge in [-0.1, -0.05) is 6.42 Å². The van der Waals surface area contributed by atoms with Gasteiger partial charge in [0.2, 0.25) is 0 Å². The van der Waals surface area contributed by atoms with E-state index in [9.17, 15) is 4.79 Å². The van der Waals surface area contributed by atoms with Gasteiger partial charge >= 0.3 is 5.97 Å². The van der Waals surface area contributed by atoms with Crippen molar-refractivity contribution in [1.82, 2.24) is 10.2 Å². The monoisotopic (exact) mass is 272 g/mol. The molecule has 0 heterocycles. The van der Waals surface area contributed by atoms with Crippen molar-refractivity contribution in [3.8, 4) is 0 Å². The van der Waals surface area contributed by atoms with Gasteiger partial charge in [-0.25, -0.2) is 0 Å². The lowest BCUT2D eigenvalue weighted by Crippen LogP contribution is -2.29. The first-order chi connectivity index (χ1) is 9.07. The molecule has 0 aliphatic heterocycles. The highest BCUT2D eigenvalue weighted by atomic mass is 16.5. The molecular weight excluding hydrogens is 240 g/mol. The Morgan fingerprint density at radius 1 is 1.16 bits per heavy atom. The highest BCUT2D eigenvalue weighted by Gasteiger charge is 2.02. The second-order valence-corrected chi connectivity index (χ2v) is 5.29. The summed E-state index contributed by atoms with van der Waals surface area (Å²) in [7, 11) is 2.17. The Labute approximate surface area is 118 Å². The van der Waals surface area contributed by atoms with Gasteiger partial charge in [0.1, 0.15) is 0 Å². The van der Waals surface area contributed by atoms with Gasteiger partial charge in [-0.05, 0) is 66.7 Å². The number of unbranched alkanes of at least 4 members (excludes halogenated alkanes) is 2. The Morgan fingerprint density at radius 2 is 1.84 bits per heavy atom. The number of esters is 1. The molecule has 0 aromatic heterocycles. The van der Waals surface area contributed by atoms with Gasteiger partial charge in [-0.2, -0.15) is 0 Å². The summed E-state index contributed by atoms with van der Waals surface area (Å²) in [4.78, 5) is 13.5. The van der Waals surface area contributed by atoms with Crippen molar-refractivity contribution in [1.29, 1.82) is 0 Å². The molecule has 0 unspecified atom stereocenters. The molecule has 0 aromatic rings. The lowest BCUT2D eigenvalue weighted by molar-refractivity contribution is -0.143. The average molecular weight is 272 g/mol. The molecular formula is C15H32N2O2. The number of hydrogen-bond acceptors (Lipinski definition) is 4. The van der Waals surface area contributed by atoms with Crippen molar-refractivity contribution in [3.63, 3.8) is 0 Å². The van der Waals surface area contributed by atoms with Crippen LogP contribution in [0.4, 0.5) is 0 Å². The first-order valence-electron chi connectivity index (χ1n) is 7.64. The van der Waals surface area contributed by atoms with Crippen LogP contribution in [-0.2, 0) is 9.53 Å². The SMILES string of the molecule is CCOC(=O)CCCCCNCCCN(C)C(C)C. The zero-order chi connectivity index (χ0) is 14.5. The minimum atomic E-state index is -0.0628. The Hall–Kier alpha value is -0.610. The van der Waals surface area contributed by atoms with E-state index in [-0.39, 0.29) is 5.97 Å². The van der Waals surface area contributed by atoms with Gasteiger partial charge in [-0.3, -0.25) is 4.79 Å². The molecule has 0 radical (unpaired) electrons. The molecule has 19 heavy (non-hydrogen) atoms. The maximum Gasteiger partial charge on any atom is 0.305 e. The van der Waals surface area contributed by atoms with Gasteiger partial charge in [-0.15, -0.1) is 0 Å². The lowest BCUT2D eigenvalue weighted by atomic mass is 10.2. The molecule has 0 aromatic carbocycles. The van der Waals surface area contributed by atoms with Gasteiger partial charge in [0.05, 0.1) is 6.61 Å². The predicted molar refractivity (Wildman–Crippen MR) is 80.4 cm³/mol. The van der Waals surface area contributed by atoms with Crippen LogP contribution in [0.25, 0.3) is 0 Å². The van der Waals surface area contributed by atoms with Crippen LogP contribution in [0.2, 0.25) is 0 Å². The molecule has 0 aliphatic rings. The summed E-state index contributed by atoms with van der Waals surface area (Å²) in [5, 5.41) is 3.45. The number of hydrogen-bond donors (Lipinski definition) is 1. The topological polar surface area (TPSA) is 41.6 Å². The van der Waals surface area contributed by atoms with E-state index in [1.165, 1.54) is 6.42 Å². The molecule has 0 bridgehead atoms. The van der Waals surface area contributed by atoms with Crippen molar-refractivity contribution in [2.75, 3.05) is 33.3 Å². The summed E-state index contributed by atoms with van der Waals surface area (Å²) in [6, 6.07) is 0.628. The van der Waals surface area contributed by atoms with Crippen LogP contribution in [0.1, 0.15) is 52.9 Å². The molecule has 0 rings (SSSR count). The van der Waals surface area contributed by atoms with E-state index in [0.717, 1.165) is 38.9 Å². The molecule has 4 nitrogen and oxygen atoms in total. The number of carbonyl (C=O) groups is 1. The summed E-state index contributed by atoms with van der Waals surface area (Å²) >= 11 is 0. The summed E-state index contributed by atoms with van der Waals surface area (Å²) < 4.78 is 4.88. The fourth-order valence-corrected chi connectivity index (χ4v) is 1.77. The molecule has 0 fully saturated rings. The van der Waals surface area contributed by atoms with Gasteiger partial charge in [0.25, 0.3) is 0 Å². The van der Waals surface area contributed by atoms with Crippen molar-refractivity contribution in [2.45, 2.75) is 58.9 Å². The van der Waals surface area contributed by atoms with Crippen LogP contribution in [0.15, 0.2) is 0 Å². The maximum atomic E-state index is 11.1. The van der Waals surface area contributed by atoms with Crippen LogP contribution >= 0.6 is 0 Å². The van der Waals surface area contributed by atoms with E-state index in [1.54, 1.807) is 0 Å². The predicted octanol–water partition coefficient (Wildman–Crippen LogP) is 2.43. The van der Waals surface area contributed by atoms with Crippen LogP contribution < -0.4 is 5.32 Å². The Bertz CT molecular complexity index is 220. The van der Waals surface area contributed by atoms with Gasteiger partial charge in [0.15, 0.2) is 0 Å². The second kappa shape index (κ2) is 12.4. The van der Waals surface area contributed by atoms with Crippen molar-refractivity contribution in [2.24, 2.45) is 0 Å². The standard InChI is InChI=1S/C15H32N2O2/c1-5-19-15(18)10-7-6-8-11-16-12-9-13-17(4)14(2)3/h14,16H,5-13H2,1-4H3. The maximum absolute atomic E-state index is 11.1. The molecule has 0 atom stereocenters. The van der Waals surface area contributed by atoms with Crippen LogP contribution in [0.5, 0.6) is 0 Å². The summed E-state index contributed by atoms with van der Waals surface area (Å²) in [6.07, 6.45) is 4.93. The van der Waals surface area contributed by atoms with Crippen molar-refractivity contribution < 1.29 is 9.53 Å². The Morgan fingerprint density at radius 3 is 2.47 bits per heavy atom. The molecule has 0 aliphatic carbocycles. The molecule has 0 amide bonds. The zero-order valence-electron chi connectivity index (χ0n) is 13.2. The molecule has 0 spiro atoms. The van der Waals surface area contributed by atoms with E-state index in [1.807, 2.05) is 6.92 Å². The quantitative estimate of drug-likeness (QED) is 0.438. The first-order valence-corrected chi connectivity index (χ1v) is 7.64. The van der Waals surface area contributed by atoms with Crippen molar-refractivity contribution >= 4 is 5.97 Å². The third-order valence-electron chi connectivity index (χ3n) is 3.29. The number of carbonyl (C=O) groups excluding carboxylic acids is 1. The Balaban J connectivity index is 3.17. The third-order valence-corrected chi connectivity index (χ3v) is 3.29. The number of nitrogens with zero attached hydrogens (tertiary/aromatic N) is 1. The summed E-state index contributed by atoms with van der Waals surface area (Å²) in [5.41, 5.74) is 0. The molecule has 4 heteroatoms. The van der Waals surface area contributed by atoms with Gasteiger partial charge < -0.3 is 15.0 Å². The van der Waals surface area contributed by atoms with E-state index in [2.05, 4.69) is 31.1 Å². The fraction of sp³-hybridized carbons (Fsp3) is 0.933. The van der Waals surface area contributed by atoms with E-state index >= 15 is 0 Å². The highest BCUT2D eigenvalue weighted by Crippen LogP contribution is 2.00. The summed E-state index contributed by atoms with van der Waals surface area (Å²) in [6.45, 7) is 10.0. The minimum Gasteiger partial charge on any atom is -0.466 e. The number of nitrogens with one attached hydrogen (secondary N) is 1. The smallest absolute Gasteiger partial charge is 0.305 e. The molecule has 0 saturated carbocycles. The normalized spacial score (nSPS) is 11.3. The molecule has 1 N–H and O–H groups in total. The lowest BCUT2D eigenvalue weighted by Gasteiger charge is -2.20. The molecule has 114 valence electrons. The van der Waals surface area contributed by atoms with Crippen LogP contribution in [0, 0.1) is 0 Å². The summed E-state index contributed by atoms with van der Waals surface area (Å²) in [5.74, 6) is -0.0628. The van der Waals surface area contributed by atoms with Crippen molar-refractivity contribution in [3.05, 3.63) is 0 Å². The van der Waals surface area contributed by atoms with Gasteiger partial charge in [0, 0.05) is 12.5 Å².